The summed E-state index contributed by atoms with van der Waals surface area (Å²) in [6.45, 7) is 2.59. The van der Waals surface area contributed by atoms with Gasteiger partial charge in [-0.15, -0.1) is 0 Å². The lowest BCUT2D eigenvalue weighted by molar-refractivity contribution is -0.116. The maximum absolute atomic E-state index is 12.1. The number of hydrogen-bond acceptors (Lipinski definition) is 4. The molecule has 0 radical (unpaired) electrons. The molecule has 0 atom stereocenters. The van der Waals surface area contributed by atoms with E-state index in [1.807, 2.05) is 24.3 Å². The Labute approximate surface area is 166 Å². The Hall–Kier alpha value is -2.67. The number of unbranched alkanes of at least 4 members (excludes halogenated alkanes) is 2. The second kappa shape index (κ2) is 9.01. The van der Waals surface area contributed by atoms with Crippen LogP contribution in [0.2, 0.25) is 0 Å². The van der Waals surface area contributed by atoms with Crippen molar-refractivity contribution in [2.24, 2.45) is 4.99 Å². The van der Waals surface area contributed by atoms with Gasteiger partial charge in [-0.3, -0.25) is 14.5 Å². The molecule has 0 saturated heterocycles. The predicted molar refractivity (Wildman–Crippen MR) is 111 cm³/mol. The zero-order chi connectivity index (χ0) is 20.0. The number of para-hydroxylation sites is 1. The highest BCUT2D eigenvalue weighted by Crippen LogP contribution is 2.22. The molecule has 0 bridgehead atoms. The third-order valence-corrected chi connectivity index (χ3v) is 6.06. The molecule has 0 aromatic heterocycles. The van der Waals surface area contributed by atoms with E-state index < -0.39 is 10.0 Å². The molecule has 0 aliphatic carbocycles. The number of rotatable bonds is 8. The lowest BCUT2D eigenvalue weighted by Gasteiger charge is -2.09. The van der Waals surface area contributed by atoms with Gasteiger partial charge in [-0.1, -0.05) is 43.7 Å². The Kier molecular flexibility index (Phi) is 6.46. The molecule has 0 spiro atoms. The van der Waals surface area contributed by atoms with Crippen LogP contribution in [-0.4, -0.2) is 26.7 Å². The molecular formula is C21H25N3O3S. The fraction of sp³-hybridized carbons (Fsp3) is 0.333. The summed E-state index contributed by atoms with van der Waals surface area (Å²) in [7, 11) is -3.48. The number of benzene rings is 2. The minimum Gasteiger partial charge on any atom is -0.326 e. The number of nitrogens with zero attached hydrogens (tertiary/aromatic N) is 1. The standard InChI is InChI=1S/C21H25N3O3S/c1-2-16-10-5-7-12-18(16)23-20(25)14-4-3-9-15-22-21-17-11-6-8-13-19(17)28(26,27)24-21/h5-8,10-13H,2-4,9,14-15H2,1H3,(H,22,24)(H,23,25). The van der Waals surface area contributed by atoms with Crippen LogP contribution in [0.4, 0.5) is 5.69 Å². The SMILES string of the molecule is CCc1ccccc1NC(=O)CCCCCN=C1NS(=O)(=O)c2ccccc21. The van der Waals surface area contributed by atoms with Gasteiger partial charge in [-0.25, -0.2) is 8.42 Å². The zero-order valence-corrected chi connectivity index (χ0v) is 16.8. The smallest absolute Gasteiger partial charge is 0.263 e. The van der Waals surface area contributed by atoms with Crippen LogP contribution in [0.3, 0.4) is 0 Å². The fourth-order valence-corrected chi connectivity index (χ4v) is 4.43. The Morgan fingerprint density at radius 1 is 1.04 bits per heavy atom. The summed E-state index contributed by atoms with van der Waals surface area (Å²) >= 11 is 0. The zero-order valence-electron chi connectivity index (χ0n) is 15.9. The number of amidine groups is 1. The van der Waals surface area contributed by atoms with Crippen LogP contribution in [0.15, 0.2) is 58.4 Å². The molecule has 148 valence electrons. The Balaban J connectivity index is 1.42. The first-order valence-electron chi connectivity index (χ1n) is 9.55. The van der Waals surface area contributed by atoms with Crippen molar-refractivity contribution in [1.82, 2.24) is 4.72 Å². The minimum atomic E-state index is -3.48. The van der Waals surface area contributed by atoms with Gasteiger partial charge >= 0.3 is 0 Å². The Morgan fingerprint density at radius 3 is 2.61 bits per heavy atom. The second-order valence-electron chi connectivity index (χ2n) is 6.70. The number of fused-ring (bicyclic) bond motifs is 1. The second-order valence-corrected chi connectivity index (χ2v) is 8.35. The minimum absolute atomic E-state index is 0.0182. The molecule has 1 aliphatic heterocycles. The van der Waals surface area contributed by atoms with Crippen LogP contribution in [0.25, 0.3) is 0 Å². The Morgan fingerprint density at radius 2 is 1.79 bits per heavy atom. The number of carbonyl (C=O) groups excluding carboxylic acids is 1. The molecule has 0 unspecified atom stereocenters. The molecule has 1 amide bonds. The van der Waals surface area contributed by atoms with E-state index in [9.17, 15) is 13.2 Å². The fourth-order valence-electron chi connectivity index (χ4n) is 3.18. The highest BCUT2D eigenvalue weighted by atomic mass is 32.2. The first-order valence-corrected chi connectivity index (χ1v) is 11.0. The van der Waals surface area contributed by atoms with E-state index in [2.05, 4.69) is 22.0 Å². The summed E-state index contributed by atoms with van der Waals surface area (Å²) in [6, 6.07) is 14.7. The summed E-state index contributed by atoms with van der Waals surface area (Å²) in [5.41, 5.74) is 2.64. The van der Waals surface area contributed by atoms with E-state index in [1.165, 1.54) is 0 Å². The van der Waals surface area contributed by atoms with Crippen molar-refractivity contribution in [3.63, 3.8) is 0 Å². The van der Waals surface area contributed by atoms with Crippen molar-refractivity contribution in [1.29, 1.82) is 0 Å². The van der Waals surface area contributed by atoms with Crippen LogP contribution >= 0.6 is 0 Å². The van der Waals surface area contributed by atoms with Crippen molar-refractivity contribution in [2.75, 3.05) is 11.9 Å². The van der Waals surface area contributed by atoms with Crippen LogP contribution in [-0.2, 0) is 21.2 Å². The highest BCUT2D eigenvalue weighted by Gasteiger charge is 2.29. The number of nitrogens with one attached hydrogen (secondary N) is 2. The average molecular weight is 400 g/mol. The third-order valence-electron chi connectivity index (χ3n) is 4.67. The largest absolute Gasteiger partial charge is 0.326 e. The van der Waals surface area contributed by atoms with Crippen molar-refractivity contribution in [3.05, 3.63) is 59.7 Å². The number of aryl methyl sites for hydroxylation is 1. The van der Waals surface area contributed by atoms with Gasteiger partial charge in [0, 0.05) is 24.2 Å². The van der Waals surface area contributed by atoms with Crippen molar-refractivity contribution < 1.29 is 13.2 Å². The monoisotopic (exact) mass is 399 g/mol. The number of carbonyl (C=O) groups is 1. The lowest BCUT2D eigenvalue weighted by Crippen LogP contribution is -2.22. The van der Waals surface area contributed by atoms with Gasteiger partial charge in [0.15, 0.2) is 0 Å². The maximum Gasteiger partial charge on any atom is 0.263 e. The highest BCUT2D eigenvalue weighted by molar-refractivity contribution is 7.90. The summed E-state index contributed by atoms with van der Waals surface area (Å²) in [6.07, 6.45) is 3.77. The van der Waals surface area contributed by atoms with Gasteiger partial charge in [0.25, 0.3) is 10.0 Å². The van der Waals surface area contributed by atoms with Crippen LogP contribution in [0, 0.1) is 0 Å². The van der Waals surface area contributed by atoms with Gasteiger partial charge in [0.05, 0.1) is 4.90 Å². The molecule has 6 nitrogen and oxygen atoms in total. The van der Waals surface area contributed by atoms with Gasteiger partial charge in [0.2, 0.25) is 5.91 Å². The molecule has 2 N–H and O–H groups in total. The molecule has 0 fully saturated rings. The molecule has 1 aliphatic rings. The quantitative estimate of drug-likeness (QED) is 0.666. The summed E-state index contributed by atoms with van der Waals surface area (Å²) in [5, 5.41) is 2.97. The van der Waals surface area contributed by atoms with E-state index in [1.54, 1.807) is 24.3 Å². The topological polar surface area (TPSA) is 87.6 Å². The maximum atomic E-state index is 12.1. The van der Waals surface area contributed by atoms with E-state index in [4.69, 9.17) is 0 Å². The number of anilines is 1. The molecular weight excluding hydrogens is 374 g/mol. The van der Waals surface area contributed by atoms with Gasteiger partial charge in [-0.2, -0.15) is 0 Å². The molecule has 3 rings (SSSR count). The average Bonchev–Trinajstić information content (AvgIpc) is 2.95. The molecule has 2 aromatic rings. The van der Waals surface area contributed by atoms with Gasteiger partial charge in [-0.05, 0) is 43.0 Å². The molecule has 1 heterocycles. The Bertz CT molecular complexity index is 984. The third kappa shape index (κ3) is 4.78. The lowest BCUT2D eigenvalue weighted by atomic mass is 10.1. The summed E-state index contributed by atoms with van der Waals surface area (Å²) < 4.78 is 26.6. The number of aliphatic imine (C=N–C) groups is 1. The van der Waals surface area contributed by atoms with E-state index in [0.717, 1.165) is 36.9 Å². The molecule has 28 heavy (non-hydrogen) atoms. The number of amides is 1. The van der Waals surface area contributed by atoms with Crippen LogP contribution < -0.4 is 10.0 Å². The van der Waals surface area contributed by atoms with Gasteiger partial charge in [0.1, 0.15) is 5.84 Å². The van der Waals surface area contributed by atoms with Crippen molar-refractivity contribution in [2.45, 2.75) is 43.9 Å². The van der Waals surface area contributed by atoms with E-state index in [0.29, 0.717) is 24.4 Å². The summed E-state index contributed by atoms with van der Waals surface area (Å²) in [5.74, 6) is 0.425. The van der Waals surface area contributed by atoms with Crippen LogP contribution in [0.5, 0.6) is 0 Å². The first kappa shape index (κ1) is 20.1. The molecule has 0 saturated carbocycles. The predicted octanol–water partition coefficient (Wildman–Crippen LogP) is 3.49. The van der Waals surface area contributed by atoms with E-state index in [-0.39, 0.29) is 10.8 Å². The van der Waals surface area contributed by atoms with E-state index >= 15 is 0 Å². The summed E-state index contributed by atoms with van der Waals surface area (Å²) in [4.78, 5) is 16.8. The van der Waals surface area contributed by atoms with Crippen LogP contribution in [0.1, 0.15) is 43.7 Å². The molecule has 7 heteroatoms. The van der Waals surface area contributed by atoms with Crippen molar-refractivity contribution in [3.8, 4) is 0 Å². The molecule has 2 aromatic carbocycles. The normalized spacial score (nSPS) is 15.8. The van der Waals surface area contributed by atoms with Gasteiger partial charge < -0.3 is 5.32 Å². The number of sulfonamides is 1. The number of hydrogen-bond donors (Lipinski definition) is 2. The van der Waals surface area contributed by atoms with Crippen molar-refractivity contribution >= 4 is 27.5 Å². The first-order chi connectivity index (χ1) is 13.5.